The normalized spacial score (nSPS) is 17.4. The number of amides is 1. The first-order valence-corrected chi connectivity index (χ1v) is 9.81. The zero-order valence-corrected chi connectivity index (χ0v) is 16.1. The van der Waals surface area contributed by atoms with Gasteiger partial charge in [0.1, 0.15) is 6.54 Å². The highest BCUT2D eigenvalue weighted by Crippen LogP contribution is 2.12. The Hall–Kier alpha value is -0.950. The number of piperidine rings is 1. The molecule has 0 bridgehead atoms. The topological polar surface area (TPSA) is 60.0 Å². The first-order valence-electron chi connectivity index (χ1n) is 8.42. The van der Waals surface area contributed by atoms with Crippen LogP contribution in [0.5, 0.6) is 0 Å². The molecule has 2 N–H and O–H groups in total. The first-order chi connectivity index (χ1) is 10.9. The average molecular weight is 344 g/mol. The van der Waals surface area contributed by atoms with Gasteiger partial charge in [-0.2, -0.15) is 11.8 Å². The molecular formula is C16H33N5OS. The lowest BCUT2D eigenvalue weighted by Gasteiger charge is -2.35. The number of aliphatic imine (C=N–C) groups is 1. The van der Waals surface area contributed by atoms with Gasteiger partial charge in [0, 0.05) is 51.6 Å². The molecule has 0 radical (unpaired) electrons. The summed E-state index contributed by atoms with van der Waals surface area (Å²) < 4.78 is 0. The lowest BCUT2D eigenvalue weighted by Crippen LogP contribution is -2.50. The van der Waals surface area contributed by atoms with Crippen LogP contribution in [0.25, 0.3) is 0 Å². The molecule has 7 heteroatoms. The number of carbonyl (C=O) groups is 1. The molecule has 1 amide bonds. The summed E-state index contributed by atoms with van der Waals surface area (Å²) in [6.07, 6.45) is 4.31. The number of guanidine groups is 1. The molecule has 1 aliphatic rings. The molecule has 0 aliphatic carbocycles. The second-order valence-corrected chi connectivity index (χ2v) is 7.41. The predicted octanol–water partition coefficient (Wildman–Crippen LogP) is 0.846. The highest BCUT2D eigenvalue weighted by atomic mass is 32.2. The summed E-state index contributed by atoms with van der Waals surface area (Å²) in [4.78, 5) is 20.3. The molecule has 0 atom stereocenters. The molecule has 1 saturated heterocycles. The number of rotatable bonds is 7. The van der Waals surface area contributed by atoms with Crippen molar-refractivity contribution in [3.8, 4) is 0 Å². The Morgan fingerprint density at radius 3 is 2.52 bits per heavy atom. The van der Waals surface area contributed by atoms with Gasteiger partial charge in [0.15, 0.2) is 5.96 Å². The van der Waals surface area contributed by atoms with Crippen LogP contribution in [0.15, 0.2) is 4.99 Å². The van der Waals surface area contributed by atoms with Gasteiger partial charge in [0.2, 0.25) is 5.91 Å². The number of hydrogen-bond donors (Lipinski definition) is 2. The summed E-state index contributed by atoms with van der Waals surface area (Å²) in [5.74, 6) is 1.80. The van der Waals surface area contributed by atoms with Crippen molar-refractivity contribution < 1.29 is 4.79 Å². The van der Waals surface area contributed by atoms with Crippen LogP contribution in [0, 0.1) is 0 Å². The monoisotopic (exact) mass is 343 g/mol. The molecule has 6 nitrogen and oxygen atoms in total. The van der Waals surface area contributed by atoms with Gasteiger partial charge >= 0.3 is 0 Å². The third-order valence-electron chi connectivity index (χ3n) is 4.07. The van der Waals surface area contributed by atoms with E-state index < -0.39 is 0 Å². The zero-order chi connectivity index (χ0) is 17.2. The number of likely N-dealkylation sites (N-methyl/N-ethyl adjacent to an activating group) is 1. The number of nitrogens with zero attached hydrogens (tertiary/aromatic N) is 3. The minimum atomic E-state index is 0.0191. The van der Waals surface area contributed by atoms with Crippen LogP contribution in [-0.2, 0) is 4.79 Å². The van der Waals surface area contributed by atoms with Crippen LogP contribution < -0.4 is 10.6 Å². The standard InChI is InChI=1S/C16H33N5OS/c1-13(2)21-9-6-14(7-10-21)19-16(17-8-11-23-5)18-12-15(22)20(3)4/h13-14H,6-12H2,1-5H3,(H2,17,18,19). The van der Waals surface area contributed by atoms with Crippen LogP contribution >= 0.6 is 11.8 Å². The van der Waals surface area contributed by atoms with Crippen LogP contribution in [0.3, 0.4) is 0 Å². The van der Waals surface area contributed by atoms with E-state index in [2.05, 4.69) is 40.6 Å². The van der Waals surface area contributed by atoms with E-state index in [0.717, 1.165) is 44.2 Å². The van der Waals surface area contributed by atoms with E-state index in [4.69, 9.17) is 0 Å². The van der Waals surface area contributed by atoms with Gasteiger partial charge in [0.25, 0.3) is 0 Å². The van der Waals surface area contributed by atoms with Gasteiger partial charge in [-0.3, -0.25) is 4.79 Å². The van der Waals surface area contributed by atoms with Crippen molar-refractivity contribution in [1.29, 1.82) is 0 Å². The molecule has 1 aliphatic heterocycles. The Bertz CT molecular complexity index is 379. The Morgan fingerprint density at radius 1 is 1.35 bits per heavy atom. The van der Waals surface area contributed by atoms with E-state index in [1.54, 1.807) is 30.8 Å². The molecule has 0 unspecified atom stereocenters. The molecule has 0 aromatic heterocycles. The van der Waals surface area contributed by atoms with Crippen molar-refractivity contribution in [3.63, 3.8) is 0 Å². The molecule has 1 rings (SSSR count). The molecule has 1 fully saturated rings. The number of thioether (sulfide) groups is 1. The fourth-order valence-corrected chi connectivity index (χ4v) is 2.77. The van der Waals surface area contributed by atoms with Crippen LogP contribution in [0.2, 0.25) is 0 Å². The van der Waals surface area contributed by atoms with Gasteiger partial charge < -0.3 is 20.4 Å². The number of carbonyl (C=O) groups excluding carboxylic acids is 1. The molecular weight excluding hydrogens is 310 g/mol. The zero-order valence-electron chi connectivity index (χ0n) is 15.3. The van der Waals surface area contributed by atoms with Crippen molar-refractivity contribution in [3.05, 3.63) is 0 Å². The second kappa shape index (κ2) is 10.8. The Balaban J connectivity index is 2.52. The minimum Gasteiger partial charge on any atom is -0.356 e. The van der Waals surface area contributed by atoms with Crippen molar-refractivity contribution in [2.75, 3.05) is 52.3 Å². The highest BCUT2D eigenvalue weighted by molar-refractivity contribution is 7.98. The lowest BCUT2D eigenvalue weighted by molar-refractivity contribution is -0.127. The fourth-order valence-electron chi connectivity index (χ4n) is 2.47. The number of hydrogen-bond acceptors (Lipinski definition) is 4. The van der Waals surface area contributed by atoms with Crippen LogP contribution in [-0.4, -0.2) is 86.0 Å². The summed E-state index contributed by atoms with van der Waals surface area (Å²) in [7, 11) is 3.52. The number of likely N-dealkylation sites (tertiary alicyclic amines) is 1. The molecule has 0 aromatic rings. The maximum atomic E-state index is 11.7. The third kappa shape index (κ3) is 7.92. The van der Waals surface area contributed by atoms with Crippen molar-refractivity contribution in [2.24, 2.45) is 4.99 Å². The fraction of sp³-hybridized carbons (Fsp3) is 0.875. The van der Waals surface area contributed by atoms with Gasteiger partial charge in [-0.05, 0) is 32.9 Å². The van der Waals surface area contributed by atoms with Gasteiger partial charge in [-0.15, -0.1) is 0 Å². The number of nitrogens with one attached hydrogen (secondary N) is 2. The van der Waals surface area contributed by atoms with E-state index in [0.29, 0.717) is 12.1 Å². The maximum absolute atomic E-state index is 11.7. The van der Waals surface area contributed by atoms with Gasteiger partial charge in [-0.1, -0.05) is 0 Å². The molecule has 0 spiro atoms. The molecule has 0 aromatic carbocycles. The molecule has 1 heterocycles. The quantitative estimate of drug-likeness (QED) is 0.408. The van der Waals surface area contributed by atoms with Crippen molar-refractivity contribution in [1.82, 2.24) is 20.4 Å². The van der Waals surface area contributed by atoms with E-state index >= 15 is 0 Å². The Labute approximate surface area is 145 Å². The van der Waals surface area contributed by atoms with Crippen LogP contribution in [0.1, 0.15) is 26.7 Å². The average Bonchev–Trinajstić information content (AvgIpc) is 2.52. The van der Waals surface area contributed by atoms with Crippen molar-refractivity contribution >= 4 is 23.6 Å². The summed E-state index contributed by atoms with van der Waals surface area (Å²) in [5.41, 5.74) is 0. The summed E-state index contributed by atoms with van der Waals surface area (Å²) >= 11 is 1.80. The van der Waals surface area contributed by atoms with Crippen molar-refractivity contribution in [2.45, 2.75) is 38.8 Å². The van der Waals surface area contributed by atoms with Crippen LogP contribution in [0.4, 0.5) is 0 Å². The first kappa shape index (κ1) is 20.1. The Morgan fingerprint density at radius 2 is 2.00 bits per heavy atom. The maximum Gasteiger partial charge on any atom is 0.243 e. The smallest absolute Gasteiger partial charge is 0.243 e. The van der Waals surface area contributed by atoms with Gasteiger partial charge in [0.05, 0.1) is 0 Å². The van der Waals surface area contributed by atoms with E-state index in [9.17, 15) is 4.79 Å². The molecule has 23 heavy (non-hydrogen) atoms. The second-order valence-electron chi connectivity index (χ2n) is 6.42. The van der Waals surface area contributed by atoms with E-state index in [1.807, 2.05) is 0 Å². The van der Waals surface area contributed by atoms with E-state index in [-0.39, 0.29) is 12.5 Å². The molecule has 134 valence electrons. The largest absolute Gasteiger partial charge is 0.356 e. The van der Waals surface area contributed by atoms with E-state index in [1.165, 1.54) is 0 Å². The minimum absolute atomic E-state index is 0.0191. The summed E-state index contributed by atoms with van der Waals surface area (Å²) in [6, 6.07) is 1.04. The Kier molecular flexibility index (Phi) is 9.40. The SMILES string of the molecule is CSCCNC(=NCC(=O)N(C)C)NC1CCN(C(C)C)CC1. The third-order valence-corrected chi connectivity index (χ3v) is 4.68. The summed E-state index contributed by atoms with van der Waals surface area (Å²) in [5, 5.41) is 6.83. The molecule has 0 saturated carbocycles. The highest BCUT2D eigenvalue weighted by Gasteiger charge is 2.21. The summed E-state index contributed by atoms with van der Waals surface area (Å²) in [6.45, 7) is 7.77. The predicted molar refractivity (Wildman–Crippen MR) is 100 cm³/mol. The lowest BCUT2D eigenvalue weighted by atomic mass is 10.0. The van der Waals surface area contributed by atoms with Gasteiger partial charge in [-0.25, -0.2) is 4.99 Å².